The second-order valence-corrected chi connectivity index (χ2v) is 12.8. The number of benzene rings is 1. The van der Waals surface area contributed by atoms with Crippen LogP contribution in [0.5, 0.6) is 0 Å². The van der Waals surface area contributed by atoms with Gasteiger partial charge in [0.1, 0.15) is 17.3 Å². The summed E-state index contributed by atoms with van der Waals surface area (Å²) in [6.45, 7) is 2.35. The fourth-order valence-corrected chi connectivity index (χ4v) is 9.02. The van der Waals surface area contributed by atoms with E-state index < -0.39 is 28.8 Å². The van der Waals surface area contributed by atoms with E-state index in [2.05, 4.69) is 42.3 Å². The Morgan fingerprint density at radius 2 is 1.95 bits per heavy atom. The van der Waals surface area contributed by atoms with Crippen molar-refractivity contribution in [1.82, 2.24) is 9.88 Å². The summed E-state index contributed by atoms with van der Waals surface area (Å²) in [6, 6.07) is 10.9. The molecule has 0 amide bonds. The Balaban J connectivity index is 1.32. The van der Waals surface area contributed by atoms with E-state index in [1.807, 2.05) is 37.3 Å². The SMILES string of the molecule is CN(C)C1CC23CCC4(O2)C2CC=C(c5ccc6cnc(N)cc6c5)C2(C)CCC4(C#N)C=C3C(O)C1O. The molecule has 1 saturated heterocycles. The van der Waals surface area contributed by atoms with Crippen molar-refractivity contribution in [3.8, 4) is 6.07 Å². The highest BCUT2D eigenvalue weighted by Gasteiger charge is 2.74. The van der Waals surface area contributed by atoms with Crippen LogP contribution in [0.3, 0.4) is 0 Å². The highest BCUT2D eigenvalue weighted by molar-refractivity contribution is 5.88. The summed E-state index contributed by atoms with van der Waals surface area (Å²) in [5.74, 6) is 0.662. The molecule has 38 heavy (non-hydrogen) atoms. The molecule has 2 bridgehead atoms. The number of likely N-dealkylation sites (N-methyl/N-ethyl adjacent to an activating group) is 1. The molecule has 3 heterocycles. The van der Waals surface area contributed by atoms with Gasteiger partial charge < -0.3 is 25.6 Å². The molecule has 198 valence electrons. The molecule has 2 aromatic rings. The van der Waals surface area contributed by atoms with E-state index in [0.717, 1.165) is 42.0 Å². The molecule has 4 N–H and O–H groups in total. The lowest BCUT2D eigenvalue weighted by molar-refractivity contribution is -0.223. The number of rotatable bonds is 2. The second-order valence-electron chi connectivity index (χ2n) is 12.8. The van der Waals surface area contributed by atoms with Crippen LogP contribution in [0.4, 0.5) is 5.82 Å². The molecular formula is C31H36N4O3. The van der Waals surface area contributed by atoms with Crippen LogP contribution in [0, 0.1) is 28.1 Å². The summed E-state index contributed by atoms with van der Waals surface area (Å²) in [5.41, 5.74) is 7.02. The minimum absolute atomic E-state index is 0.142. The number of aromatic nitrogens is 1. The molecule has 2 saturated carbocycles. The molecule has 3 aliphatic carbocycles. The number of pyridine rings is 1. The molecule has 1 aromatic heterocycles. The fourth-order valence-electron chi connectivity index (χ4n) is 9.02. The third-order valence-corrected chi connectivity index (χ3v) is 11.0. The van der Waals surface area contributed by atoms with Gasteiger partial charge in [0.25, 0.3) is 0 Å². The maximum Gasteiger partial charge on any atom is 0.123 e. The highest BCUT2D eigenvalue weighted by Crippen LogP contribution is 2.72. The van der Waals surface area contributed by atoms with E-state index in [0.29, 0.717) is 18.7 Å². The van der Waals surface area contributed by atoms with E-state index in [4.69, 9.17) is 10.5 Å². The highest BCUT2D eigenvalue weighted by atomic mass is 16.5. The molecule has 3 fully saturated rings. The lowest BCUT2D eigenvalue weighted by atomic mass is 9.49. The zero-order chi connectivity index (χ0) is 26.7. The van der Waals surface area contributed by atoms with Gasteiger partial charge in [0.05, 0.1) is 23.4 Å². The minimum atomic E-state index is -1.03. The Morgan fingerprint density at radius 1 is 1.13 bits per heavy atom. The summed E-state index contributed by atoms with van der Waals surface area (Å²) in [7, 11) is 3.88. The summed E-state index contributed by atoms with van der Waals surface area (Å²) < 4.78 is 7.28. The summed E-state index contributed by atoms with van der Waals surface area (Å²) in [4.78, 5) is 6.22. The molecule has 1 aromatic carbocycles. The number of fused-ring (bicyclic) bond motifs is 2. The van der Waals surface area contributed by atoms with Crippen molar-refractivity contribution < 1.29 is 14.9 Å². The molecule has 0 radical (unpaired) electrons. The first-order chi connectivity index (χ1) is 18.1. The van der Waals surface area contributed by atoms with E-state index in [1.165, 1.54) is 11.1 Å². The van der Waals surface area contributed by atoms with Crippen molar-refractivity contribution in [3.05, 3.63) is 53.8 Å². The van der Waals surface area contributed by atoms with Crippen LogP contribution in [0.15, 0.2) is 48.2 Å². The number of nitrogens with zero attached hydrogens (tertiary/aromatic N) is 3. The number of allylic oxidation sites excluding steroid dienone is 2. The van der Waals surface area contributed by atoms with Gasteiger partial charge in [-0.1, -0.05) is 31.2 Å². The van der Waals surface area contributed by atoms with Crippen LogP contribution in [0.2, 0.25) is 0 Å². The van der Waals surface area contributed by atoms with Gasteiger partial charge in [-0.15, -0.1) is 0 Å². The standard InChI is InChI=1S/C31H36N4O3/c1-28-8-9-29(17-32)14-22-26(36)27(37)23(35(2)3)15-30(22)10-11-31(29,38-30)24(28)7-6-21(28)18-4-5-19-16-34-25(33)13-20(19)12-18/h4-6,12-14,16,23-24,26-27,36-37H,7-11,15H2,1-3H3,(H2,33,34). The van der Waals surface area contributed by atoms with Crippen LogP contribution < -0.4 is 5.73 Å². The minimum Gasteiger partial charge on any atom is -0.388 e. The smallest absolute Gasteiger partial charge is 0.123 e. The first-order valence-corrected chi connectivity index (χ1v) is 13.8. The normalized spacial score (nSPS) is 43.2. The molecular weight excluding hydrogens is 476 g/mol. The van der Waals surface area contributed by atoms with Gasteiger partial charge >= 0.3 is 0 Å². The predicted molar refractivity (Wildman–Crippen MR) is 146 cm³/mol. The summed E-state index contributed by atoms with van der Waals surface area (Å²) >= 11 is 0. The van der Waals surface area contributed by atoms with Gasteiger partial charge in [-0.2, -0.15) is 5.26 Å². The van der Waals surface area contributed by atoms with Gasteiger partial charge in [0, 0.05) is 23.5 Å². The van der Waals surface area contributed by atoms with E-state index in [1.54, 1.807) is 0 Å². The topological polar surface area (TPSA) is 116 Å². The largest absolute Gasteiger partial charge is 0.388 e. The van der Waals surface area contributed by atoms with Gasteiger partial charge in [0.2, 0.25) is 0 Å². The molecule has 7 nitrogen and oxygen atoms in total. The van der Waals surface area contributed by atoms with E-state index in [9.17, 15) is 15.5 Å². The average molecular weight is 513 g/mol. The lowest BCUT2D eigenvalue weighted by Gasteiger charge is -2.61. The van der Waals surface area contributed by atoms with Crippen molar-refractivity contribution >= 4 is 22.2 Å². The molecule has 8 unspecified atom stereocenters. The van der Waals surface area contributed by atoms with Crippen molar-refractivity contribution in [2.45, 2.75) is 74.9 Å². The molecule has 5 aliphatic rings. The van der Waals surface area contributed by atoms with Crippen molar-refractivity contribution in [3.63, 3.8) is 0 Å². The predicted octanol–water partition coefficient (Wildman–Crippen LogP) is 3.81. The van der Waals surface area contributed by atoms with Crippen molar-refractivity contribution in [1.29, 1.82) is 5.26 Å². The van der Waals surface area contributed by atoms with Gasteiger partial charge in [-0.05, 0) is 92.3 Å². The first kappa shape index (κ1) is 24.3. The number of nitrogens with two attached hydrogens (primary N) is 1. The molecule has 7 rings (SSSR count). The Hall–Kier alpha value is -2.76. The van der Waals surface area contributed by atoms with E-state index in [-0.39, 0.29) is 17.4 Å². The number of aliphatic hydroxyl groups excluding tert-OH is 2. The fraction of sp³-hybridized carbons (Fsp3) is 0.548. The van der Waals surface area contributed by atoms with E-state index >= 15 is 0 Å². The third kappa shape index (κ3) is 2.84. The van der Waals surface area contributed by atoms with Gasteiger partial charge in [-0.3, -0.25) is 0 Å². The maximum atomic E-state index is 11.3. The van der Waals surface area contributed by atoms with Crippen LogP contribution in [-0.2, 0) is 4.74 Å². The number of hydrogen-bond donors (Lipinski definition) is 3. The molecule has 2 spiro atoms. The Bertz CT molecular complexity index is 1460. The number of ether oxygens (including phenoxy) is 1. The number of anilines is 1. The quantitative estimate of drug-likeness (QED) is 0.524. The lowest BCUT2D eigenvalue weighted by Crippen LogP contribution is -2.66. The van der Waals surface area contributed by atoms with Crippen molar-refractivity contribution in [2.24, 2.45) is 16.7 Å². The Morgan fingerprint density at radius 3 is 2.71 bits per heavy atom. The molecule has 8 atom stereocenters. The summed E-state index contributed by atoms with van der Waals surface area (Å²) in [5, 5.41) is 35.1. The average Bonchev–Trinajstić information content (AvgIpc) is 3.42. The second kappa shape index (κ2) is 7.67. The van der Waals surface area contributed by atoms with Crippen molar-refractivity contribution in [2.75, 3.05) is 19.8 Å². The van der Waals surface area contributed by atoms with Crippen LogP contribution in [-0.4, -0.2) is 63.6 Å². The Kier molecular flexibility index (Phi) is 4.90. The third-order valence-electron chi connectivity index (χ3n) is 11.0. The number of nitrogen functional groups attached to an aromatic ring is 1. The van der Waals surface area contributed by atoms with Crippen LogP contribution in [0.1, 0.15) is 51.0 Å². The number of hydrogen-bond acceptors (Lipinski definition) is 7. The van der Waals surface area contributed by atoms with Crippen LogP contribution >= 0.6 is 0 Å². The number of aliphatic hydroxyl groups is 2. The number of nitriles is 1. The molecule has 2 aliphatic heterocycles. The zero-order valence-electron chi connectivity index (χ0n) is 22.3. The monoisotopic (exact) mass is 512 g/mol. The van der Waals surface area contributed by atoms with Gasteiger partial charge in [-0.25, -0.2) is 4.98 Å². The molecule has 7 heteroatoms. The first-order valence-electron chi connectivity index (χ1n) is 13.8. The summed E-state index contributed by atoms with van der Waals surface area (Å²) in [6.07, 6.45) is 8.85. The zero-order valence-corrected chi connectivity index (χ0v) is 22.3. The van der Waals surface area contributed by atoms with Crippen LogP contribution in [0.25, 0.3) is 16.3 Å². The van der Waals surface area contributed by atoms with Gasteiger partial charge in [0.15, 0.2) is 0 Å². The Labute approximate surface area is 223 Å². The maximum absolute atomic E-state index is 11.3.